The van der Waals surface area contributed by atoms with Gasteiger partial charge in [-0.15, -0.1) is 11.6 Å². The van der Waals surface area contributed by atoms with Crippen molar-refractivity contribution in [3.63, 3.8) is 0 Å². The second kappa shape index (κ2) is 7.07. The molecule has 0 aromatic rings. The average molecular weight is 222 g/mol. The Morgan fingerprint density at radius 1 is 1.50 bits per heavy atom. The van der Waals surface area contributed by atoms with Gasteiger partial charge in [-0.1, -0.05) is 6.92 Å². The first kappa shape index (κ1) is 13.7. The molecule has 0 aliphatic carbocycles. The molecule has 3 nitrogen and oxygen atoms in total. The highest BCUT2D eigenvalue weighted by Crippen LogP contribution is 2.14. The zero-order chi connectivity index (χ0) is 11.0. The van der Waals surface area contributed by atoms with E-state index in [9.17, 15) is 4.79 Å². The fourth-order valence-electron chi connectivity index (χ4n) is 1.10. The van der Waals surface area contributed by atoms with Crippen molar-refractivity contribution in [2.24, 2.45) is 0 Å². The standard InChI is InChI=1S/C10H20ClNO2/c1-4-10(3,6-7-11)12-9(13)8-14-5-2/h4-8H2,1-3H3,(H,12,13). The van der Waals surface area contributed by atoms with Crippen LogP contribution >= 0.6 is 11.6 Å². The highest BCUT2D eigenvalue weighted by Gasteiger charge is 2.23. The van der Waals surface area contributed by atoms with Gasteiger partial charge in [0.1, 0.15) is 6.61 Å². The number of carbonyl (C=O) groups is 1. The first-order valence-electron chi connectivity index (χ1n) is 5.02. The molecular formula is C10H20ClNO2. The normalized spacial score (nSPS) is 14.9. The molecule has 0 rings (SSSR count). The SMILES string of the molecule is CCOCC(=O)NC(C)(CC)CCCl. The number of alkyl halides is 1. The van der Waals surface area contributed by atoms with Crippen LogP contribution in [-0.4, -0.2) is 30.5 Å². The van der Waals surface area contributed by atoms with E-state index in [-0.39, 0.29) is 18.1 Å². The van der Waals surface area contributed by atoms with Crippen LogP contribution in [-0.2, 0) is 9.53 Å². The van der Waals surface area contributed by atoms with E-state index < -0.39 is 0 Å². The summed E-state index contributed by atoms with van der Waals surface area (Å²) in [5, 5.41) is 2.93. The maximum absolute atomic E-state index is 11.4. The van der Waals surface area contributed by atoms with Crippen molar-refractivity contribution in [2.75, 3.05) is 19.1 Å². The van der Waals surface area contributed by atoms with Gasteiger partial charge in [-0.3, -0.25) is 4.79 Å². The van der Waals surface area contributed by atoms with Crippen molar-refractivity contribution >= 4 is 17.5 Å². The van der Waals surface area contributed by atoms with E-state index in [0.29, 0.717) is 12.5 Å². The average Bonchev–Trinajstić information content (AvgIpc) is 2.15. The third-order valence-electron chi connectivity index (χ3n) is 2.31. The molecule has 0 fully saturated rings. The third-order valence-corrected chi connectivity index (χ3v) is 2.49. The van der Waals surface area contributed by atoms with E-state index in [1.807, 2.05) is 20.8 Å². The Balaban J connectivity index is 3.96. The number of halogens is 1. The van der Waals surface area contributed by atoms with Crippen LogP contribution in [0, 0.1) is 0 Å². The van der Waals surface area contributed by atoms with Gasteiger partial charge in [0.15, 0.2) is 0 Å². The number of hydrogen-bond donors (Lipinski definition) is 1. The Labute approximate surface area is 91.2 Å². The predicted octanol–water partition coefficient (Wildman–Crippen LogP) is 1.94. The van der Waals surface area contributed by atoms with E-state index in [2.05, 4.69) is 5.32 Å². The molecule has 0 aliphatic rings. The van der Waals surface area contributed by atoms with Crippen LogP contribution in [0.5, 0.6) is 0 Å². The van der Waals surface area contributed by atoms with E-state index in [1.54, 1.807) is 0 Å². The molecule has 0 aromatic carbocycles. The second-order valence-electron chi connectivity index (χ2n) is 3.54. The van der Waals surface area contributed by atoms with E-state index in [1.165, 1.54) is 0 Å². The van der Waals surface area contributed by atoms with Gasteiger partial charge >= 0.3 is 0 Å². The molecule has 1 unspecified atom stereocenters. The molecule has 0 aromatic heterocycles. The Bertz CT molecular complexity index is 176. The molecule has 0 spiro atoms. The minimum Gasteiger partial charge on any atom is -0.372 e. The molecule has 0 radical (unpaired) electrons. The maximum Gasteiger partial charge on any atom is 0.246 e. The van der Waals surface area contributed by atoms with Crippen molar-refractivity contribution in [3.05, 3.63) is 0 Å². The lowest BCUT2D eigenvalue weighted by Gasteiger charge is -2.28. The summed E-state index contributed by atoms with van der Waals surface area (Å²) in [7, 11) is 0. The van der Waals surface area contributed by atoms with Crippen LogP contribution in [0.3, 0.4) is 0 Å². The van der Waals surface area contributed by atoms with Crippen molar-refractivity contribution in [1.29, 1.82) is 0 Å². The van der Waals surface area contributed by atoms with Crippen molar-refractivity contribution in [1.82, 2.24) is 5.32 Å². The molecule has 0 aliphatic heterocycles. The lowest BCUT2D eigenvalue weighted by molar-refractivity contribution is -0.127. The third kappa shape index (κ3) is 5.45. The van der Waals surface area contributed by atoms with Crippen LogP contribution in [0.4, 0.5) is 0 Å². The maximum atomic E-state index is 11.4. The predicted molar refractivity (Wildman–Crippen MR) is 58.7 cm³/mol. The van der Waals surface area contributed by atoms with Gasteiger partial charge in [-0.2, -0.15) is 0 Å². The smallest absolute Gasteiger partial charge is 0.246 e. The first-order chi connectivity index (χ1) is 6.58. The quantitative estimate of drug-likeness (QED) is 0.668. The van der Waals surface area contributed by atoms with Crippen molar-refractivity contribution in [2.45, 2.75) is 39.2 Å². The topological polar surface area (TPSA) is 38.3 Å². The summed E-state index contributed by atoms with van der Waals surface area (Å²) in [5.41, 5.74) is -0.198. The van der Waals surface area contributed by atoms with Crippen LogP contribution in [0.15, 0.2) is 0 Å². The zero-order valence-electron chi connectivity index (χ0n) is 9.23. The van der Waals surface area contributed by atoms with Crippen LogP contribution in [0.1, 0.15) is 33.6 Å². The fourth-order valence-corrected chi connectivity index (χ4v) is 1.52. The lowest BCUT2D eigenvalue weighted by Crippen LogP contribution is -2.47. The second-order valence-corrected chi connectivity index (χ2v) is 3.92. The van der Waals surface area contributed by atoms with E-state index in [0.717, 1.165) is 12.8 Å². The summed E-state index contributed by atoms with van der Waals surface area (Å²) >= 11 is 5.67. The van der Waals surface area contributed by atoms with E-state index in [4.69, 9.17) is 16.3 Å². The lowest BCUT2D eigenvalue weighted by atomic mass is 9.95. The zero-order valence-corrected chi connectivity index (χ0v) is 9.99. The number of rotatable bonds is 7. The number of amides is 1. The van der Waals surface area contributed by atoms with Crippen molar-refractivity contribution < 1.29 is 9.53 Å². The van der Waals surface area contributed by atoms with Gasteiger partial charge in [-0.25, -0.2) is 0 Å². The Morgan fingerprint density at radius 2 is 2.14 bits per heavy atom. The minimum absolute atomic E-state index is 0.0682. The molecule has 84 valence electrons. The van der Waals surface area contributed by atoms with Gasteiger partial charge in [0.2, 0.25) is 5.91 Å². The molecule has 1 amide bonds. The fraction of sp³-hybridized carbons (Fsp3) is 0.900. The van der Waals surface area contributed by atoms with Gasteiger partial charge in [-0.05, 0) is 26.7 Å². The molecular weight excluding hydrogens is 202 g/mol. The Hall–Kier alpha value is -0.280. The Morgan fingerprint density at radius 3 is 2.57 bits per heavy atom. The largest absolute Gasteiger partial charge is 0.372 e. The number of hydrogen-bond acceptors (Lipinski definition) is 2. The Kier molecular flexibility index (Phi) is 6.93. The summed E-state index contributed by atoms with van der Waals surface area (Å²) in [6, 6.07) is 0. The molecule has 4 heteroatoms. The minimum atomic E-state index is -0.198. The molecule has 1 N–H and O–H groups in total. The number of carbonyl (C=O) groups excluding carboxylic acids is 1. The first-order valence-corrected chi connectivity index (χ1v) is 5.56. The molecule has 0 bridgehead atoms. The van der Waals surface area contributed by atoms with Gasteiger partial charge in [0, 0.05) is 18.0 Å². The van der Waals surface area contributed by atoms with Gasteiger partial charge < -0.3 is 10.1 Å². The monoisotopic (exact) mass is 221 g/mol. The molecule has 1 atom stereocenters. The summed E-state index contributed by atoms with van der Waals surface area (Å²) in [6.07, 6.45) is 1.65. The van der Waals surface area contributed by atoms with Crippen LogP contribution < -0.4 is 5.32 Å². The summed E-state index contributed by atoms with van der Waals surface area (Å²) in [5.74, 6) is 0.487. The summed E-state index contributed by atoms with van der Waals surface area (Å²) in [6.45, 7) is 6.60. The summed E-state index contributed by atoms with van der Waals surface area (Å²) in [4.78, 5) is 11.4. The number of ether oxygens (including phenoxy) is 1. The molecule has 0 saturated heterocycles. The molecule has 0 saturated carbocycles. The van der Waals surface area contributed by atoms with Crippen molar-refractivity contribution in [3.8, 4) is 0 Å². The van der Waals surface area contributed by atoms with Crippen LogP contribution in [0.25, 0.3) is 0 Å². The van der Waals surface area contributed by atoms with Crippen LogP contribution in [0.2, 0.25) is 0 Å². The van der Waals surface area contributed by atoms with Gasteiger partial charge in [0.05, 0.1) is 0 Å². The van der Waals surface area contributed by atoms with E-state index >= 15 is 0 Å². The highest BCUT2D eigenvalue weighted by molar-refractivity contribution is 6.17. The molecule has 14 heavy (non-hydrogen) atoms. The number of nitrogens with one attached hydrogen (secondary N) is 1. The van der Waals surface area contributed by atoms with Gasteiger partial charge in [0.25, 0.3) is 0 Å². The summed E-state index contributed by atoms with van der Waals surface area (Å²) < 4.78 is 5.02. The highest BCUT2D eigenvalue weighted by atomic mass is 35.5. The molecule has 0 heterocycles.